The molecule has 1 aliphatic heterocycles. The second kappa shape index (κ2) is 5.13. The molecule has 5 nitrogen and oxygen atoms in total. The fraction of sp³-hybridized carbons (Fsp3) is 0.286. The van der Waals surface area contributed by atoms with Crippen molar-refractivity contribution in [2.24, 2.45) is 0 Å². The van der Waals surface area contributed by atoms with E-state index in [1.54, 1.807) is 29.5 Å². The number of carbonyl (C=O) groups is 1. The van der Waals surface area contributed by atoms with E-state index in [-0.39, 0.29) is 12.7 Å². The van der Waals surface area contributed by atoms with Crippen LogP contribution in [0.3, 0.4) is 0 Å². The molecule has 0 aliphatic carbocycles. The Bertz CT molecular complexity index is 647. The number of aromatic nitrogens is 1. The molecule has 0 fully saturated rings. The number of nitrogens with one attached hydrogen (secondary N) is 1. The number of ether oxygens (including phenoxy) is 2. The van der Waals surface area contributed by atoms with Crippen molar-refractivity contribution in [1.29, 1.82) is 0 Å². The number of benzene rings is 1. The number of thiazole rings is 1. The fourth-order valence-corrected chi connectivity index (χ4v) is 2.78. The molecular formula is C14H14N2O3S. The van der Waals surface area contributed by atoms with Crippen LogP contribution in [0, 0.1) is 13.8 Å². The van der Waals surface area contributed by atoms with Gasteiger partial charge in [0.2, 0.25) is 6.79 Å². The molecule has 0 saturated heterocycles. The van der Waals surface area contributed by atoms with Crippen LogP contribution in [0.15, 0.2) is 18.2 Å². The lowest BCUT2D eigenvalue weighted by molar-refractivity contribution is 0.0950. The van der Waals surface area contributed by atoms with Gasteiger partial charge in [-0.3, -0.25) is 4.79 Å². The molecule has 1 aromatic heterocycles. The van der Waals surface area contributed by atoms with Crippen molar-refractivity contribution in [3.8, 4) is 11.5 Å². The second-order valence-electron chi connectivity index (χ2n) is 4.50. The lowest BCUT2D eigenvalue weighted by Gasteiger charge is -2.04. The third-order valence-corrected chi connectivity index (χ3v) is 4.18. The molecule has 0 radical (unpaired) electrons. The molecule has 2 aromatic rings. The third kappa shape index (κ3) is 2.46. The van der Waals surface area contributed by atoms with Crippen molar-refractivity contribution >= 4 is 17.2 Å². The highest BCUT2D eigenvalue weighted by molar-refractivity contribution is 7.11. The molecular weight excluding hydrogens is 276 g/mol. The molecule has 2 heterocycles. The molecule has 104 valence electrons. The minimum Gasteiger partial charge on any atom is -0.454 e. The standard InChI is InChI=1S/C14H14N2O3S/c1-8-9(2)20-13(16-8)6-15-14(17)10-3-4-11-12(5-10)19-7-18-11/h3-5H,6-7H2,1-2H3,(H,15,17). The molecule has 1 N–H and O–H groups in total. The summed E-state index contributed by atoms with van der Waals surface area (Å²) in [5.41, 5.74) is 1.57. The molecule has 0 atom stereocenters. The summed E-state index contributed by atoms with van der Waals surface area (Å²) >= 11 is 1.60. The molecule has 3 rings (SSSR count). The van der Waals surface area contributed by atoms with Gasteiger partial charge in [-0.1, -0.05) is 0 Å². The van der Waals surface area contributed by atoms with Crippen molar-refractivity contribution in [2.45, 2.75) is 20.4 Å². The van der Waals surface area contributed by atoms with Crippen molar-refractivity contribution < 1.29 is 14.3 Å². The minimum atomic E-state index is -0.145. The summed E-state index contributed by atoms with van der Waals surface area (Å²) in [7, 11) is 0. The maximum absolute atomic E-state index is 12.1. The maximum Gasteiger partial charge on any atom is 0.251 e. The molecule has 1 aliphatic rings. The Balaban J connectivity index is 1.67. The SMILES string of the molecule is Cc1nc(CNC(=O)c2ccc3c(c2)OCO3)sc1C. The summed E-state index contributed by atoms with van der Waals surface area (Å²) < 4.78 is 10.5. The van der Waals surface area contributed by atoms with Gasteiger partial charge in [0.25, 0.3) is 5.91 Å². The van der Waals surface area contributed by atoms with E-state index in [1.165, 1.54) is 4.88 Å². The van der Waals surface area contributed by atoms with Crippen molar-refractivity contribution in [2.75, 3.05) is 6.79 Å². The van der Waals surface area contributed by atoms with E-state index >= 15 is 0 Å². The molecule has 0 unspecified atom stereocenters. The van der Waals surface area contributed by atoms with Crippen molar-refractivity contribution in [3.63, 3.8) is 0 Å². The van der Waals surface area contributed by atoms with Gasteiger partial charge in [0.05, 0.1) is 12.2 Å². The zero-order valence-electron chi connectivity index (χ0n) is 11.2. The van der Waals surface area contributed by atoms with Crippen LogP contribution in [-0.4, -0.2) is 17.7 Å². The predicted molar refractivity (Wildman–Crippen MR) is 75.3 cm³/mol. The fourth-order valence-electron chi connectivity index (χ4n) is 1.91. The average molecular weight is 290 g/mol. The Kier molecular flexibility index (Phi) is 3.31. The van der Waals surface area contributed by atoms with Crippen LogP contribution in [0.25, 0.3) is 0 Å². The van der Waals surface area contributed by atoms with Crippen LogP contribution >= 0.6 is 11.3 Å². The zero-order valence-corrected chi connectivity index (χ0v) is 12.0. The predicted octanol–water partition coefficient (Wildman–Crippen LogP) is 2.42. The van der Waals surface area contributed by atoms with Crippen molar-refractivity contribution in [1.82, 2.24) is 10.3 Å². The highest BCUT2D eigenvalue weighted by Crippen LogP contribution is 2.32. The molecule has 1 amide bonds. The molecule has 0 bridgehead atoms. The Morgan fingerprint density at radius 1 is 1.35 bits per heavy atom. The highest BCUT2D eigenvalue weighted by atomic mass is 32.1. The number of aryl methyl sites for hydroxylation is 2. The number of fused-ring (bicyclic) bond motifs is 1. The van der Waals surface area contributed by atoms with Crippen LogP contribution in [-0.2, 0) is 6.54 Å². The topological polar surface area (TPSA) is 60.5 Å². The quantitative estimate of drug-likeness (QED) is 0.943. The number of hydrogen-bond donors (Lipinski definition) is 1. The summed E-state index contributed by atoms with van der Waals surface area (Å²) in [6, 6.07) is 5.16. The van der Waals surface area contributed by atoms with Crippen LogP contribution in [0.1, 0.15) is 25.9 Å². The van der Waals surface area contributed by atoms with Crippen LogP contribution in [0.5, 0.6) is 11.5 Å². The monoisotopic (exact) mass is 290 g/mol. The zero-order chi connectivity index (χ0) is 14.1. The first kappa shape index (κ1) is 12.9. The van der Waals surface area contributed by atoms with Gasteiger partial charge in [-0.05, 0) is 32.0 Å². The number of nitrogens with zero attached hydrogens (tertiary/aromatic N) is 1. The first-order valence-electron chi connectivity index (χ1n) is 6.24. The Morgan fingerprint density at radius 2 is 2.15 bits per heavy atom. The van der Waals surface area contributed by atoms with Crippen LogP contribution in [0.2, 0.25) is 0 Å². The lowest BCUT2D eigenvalue weighted by Crippen LogP contribution is -2.22. The van der Waals surface area contributed by atoms with Crippen LogP contribution in [0.4, 0.5) is 0 Å². The maximum atomic E-state index is 12.1. The van der Waals surface area contributed by atoms with E-state index in [4.69, 9.17) is 9.47 Å². The summed E-state index contributed by atoms with van der Waals surface area (Å²) in [6.07, 6.45) is 0. The van der Waals surface area contributed by atoms with E-state index in [2.05, 4.69) is 10.3 Å². The largest absolute Gasteiger partial charge is 0.454 e. The van der Waals surface area contributed by atoms with E-state index in [9.17, 15) is 4.79 Å². The summed E-state index contributed by atoms with van der Waals surface area (Å²) in [5.74, 6) is 1.14. The summed E-state index contributed by atoms with van der Waals surface area (Å²) in [4.78, 5) is 17.6. The summed E-state index contributed by atoms with van der Waals surface area (Å²) in [5, 5.41) is 3.77. The first-order chi connectivity index (χ1) is 9.63. The molecule has 6 heteroatoms. The number of hydrogen-bond acceptors (Lipinski definition) is 5. The number of rotatable bonds is 3. The average Bonchev–Trinajstić information content (AvgIpc) is 3.02. The normalized spacial score (nSPS) is 12.5. The number of amides is 1. The van der Waals surface area contributed by atoms with E-state index in [0.29, 0.717) is 23.6 Å². The minimum absolute atomic E-state index is 0.145. The van der Waals surface area contributed by atoms with Gasteiger partial charge in [-0.15, -0.1) is 11.3 Å². The molecule has 0 spiro atoms. The van der Waals surface area contributed by atoms with Gasteiger partial charge >= 0.3 is 0 Å². The van der Waals surface area contributed by atoms with Gasteiger partial charge in [0.15, 0.2) is 11.5 Å². The molecule has 1 aromatic carbocycles. The third-order valence-electron chi connectivity index (χ3n) is 3.11. The van der Waals surface area contributed by atoms with E-state index in [1.807, 2.05) is 13.8 Å². The van der Waals surface area contributed by atoms with Gasteiger partial charge in [-0.25, -0.2) is 4.98 Å². The van der Waals surface area contributed by atoms with Crippen LogP contribution < -0.4 is 14.8 Å². The Labute approximate surface area is 120 Å². The van der Waals surface area contributed by atoms with Gasteiger partial charge in [0, 0.05) is 10.4 Å². The second-order valence-corrected chi connectivity index (χ2v) is 5.79. The van der Waals surface area contributed by atoms with E-state index in [0.717, 1.165) is 10.7 Å². The smallest absolute Gasteiger partial charge is 0.251 e. The van der Waals surface area contributed by atoms with Gasteiger partial charge < -0.3 is 14.8 Å². The van der Waals surface area contributed by atoms with Crippen molar-refractivity contribution in [3.05, 3.63) is 39.3 Å². The number of carbonyl (C=O) groups excluding carboxylic acids is 1. The highest BCUT2D eigenvalue weighted by Gasteiger charge is 2.16. The van der Waals surface area contributed by atoms with Gasteiger partial charge in [0.1, 0.15) is 5.01 Å². The van der Waals surface area contributed by atoms with E-state index < -0.39 is 0 Å². The first-order valence-corrected chi connectivity index (χ1v) is 7.06. The Hall–Kier alpha value is -2.08. The molecule has 0 saturated carbocycles. The summed E-state index contributed by atoms with van der Waals surface area (Å²) in [6.45, 7) is 4.63. The lowest BCUT2D eigenvalue weighted by atomic mass is 10.2. The Morgan fingerprint density at radius 3 is 2.90 bits per heavy atom. The van der Waals surface area contributed by atoms with Gasteiger partial charge in [-0.2, -0.15) is 0 Å². The molecule has 20 heavy (non-hydrogen) atoms.